The predicted molar refractivity (Wildman–Crippen MR) is 57.8 cm³/mol. The summed E-state index contributed by atoms with van der Waals surface area (Å²) in [6.07, 6.45) is 0. The third-order valence-corrected chi connectivity index (χ3v) is 2.59. The van der Waals surface area contributed by atoms with Gasteiger partial charge in [-0.3, -0.25) is 0 Å². The van der Waals surface area contributed by atoms with Crippen molar-refractivity contribution in [1.82, 2.24) is 0 Å². The van der Waals surface area contributed by atoms with Gasteiger partial charge in [-0.05, 0) is 18.6 Å². The van der Waals surface area contributed by atoms with Crippen molar-refractivity contribution in [2.75, 3.05) is 13.7 Å². The van der Waals surface area contributed by atoms with Gasteiger partial charge in [0.2, 0.25) is 0 Å². The molecular formula is C12H17FO2. The van der Waals surface area contributed by atoms with Gasteiger partial charge in [0.05, 0.1) is 13.7 Å². The van der Waals surface area contributed by atoms with Gasteiger partial charge in [0.15, 0.2) is 11.6 Å². The summed E-state index contributed by atoms with van der Waals surface area (Å²) in [6.45, 7) is 5.55. The third-order valence-electron chi connectivity index (χ3n) is 2.59. The average molecular weight is 212 g/mol. The molecule has 0 aliphatic heterocycles. The van der Waals surface area contributed by atoms with Crippen molar-refractivity contribution in [3.63, 3.8) is 0 Å². The summed E-state index contributed by atoms with van der Waals surface area (Å²) in [6, 6.07) is 3.08. The van der Waals surface area contributed by atoms with Crippen LogP contribution in [0, 0.1) is 12.7 Å². The SMILES string of the molecule is COc1c(F)ccc(C)c1C(C)(C)CO. The highest BCUT2D eigenvalue weighted by molar-refractivity contribution is 5.45. The summed E-state index contributed by atoms with van der Waals surface area (Å²) >= 11 is 0. The number of ether oxygens (including phenoxy) is 1. The normalized spacial score (nSPS) is 11.6. The Morgan fingerprint density at radius 1 is 1.40 bits per heavy atom. The van der Waals surface area contributed by atoms with Gasteiger partial charge in [-0.1, -0.05) is 19.9 Å². The maximum Gasteiger partial charge on any atom is 0.165 e. The second-order valence-electron chi connectivity index (χ2n) is 4.31. The van der Waals surface area contributed by atoms with E-state index < -0.39 is 5.41 Å². The predicted octanol–water partition coefficient (Wildman–Crippen LogP) is 2.41. The molecule has 15 heavy (non-hydrogen) atoms. The van der Waals surface area contributed by atoms with Crippen molar-refractivity contribution in [3.8, 4) is 5.75 Å². The zero-order valence-corrected chi connectivity index (χ0v) is 9.60. The van der Waals surface area contributed by atoms with Crippen LogP contribution in [0.1, 0.15) is 25.0 Å². The van der Waals surface area contributed by atoms with Crippen LogP contribution < -0.4 is 4.74 Å². The van der Waals surface area contributed by atoms with Crippen molar-refractivity contribution in [1.29, 1.82) is 0 Å². The van der Waals surface area contributed by atoms with Crippen LogP contribution in [0.2, 0.25) is 0 Å². The first-order valence-electron chi connectivity index (χ1n) is 4.88. The fourth-order valence-corrected chi connectivity index (χ4v) is 1.78. The van der Waals surface area contributed by atoms with Crippen molar-refractivity contribution in [3.05, 3.63) is 29.1 Å². The monoisotopic (exact) mass is 212 g/mol. The van der Waals surface area contributed by atoms with E-state index in [4.69, 9.17) is 4.74 Å². The second kappa shape index (κ2) is 4.19. The lowest BCUT2D eigenvalue weighted by molar-refractivity contribution is 0.213. The van der Waals surface area contributed by atoms with Crippen LogP contribution in [0.5, 0.6) is 5.75 Å². The average Bonchev–Trinajstić information content (AvgIpc) is 2.20. The topological polar surface area (TPSA) is 29.5 Å². The molecular weight excluding hydrogens is 195 g/mol. The van der Waals surface area contributed by atoms with E-state index in [-0.39, 0.29) is 18.2 Å². The number of aliphatic hydroxyl groups excluding tert-OH is 1. The second-order valence-corrected chi connectivity index (χ2v) is 4.31. The smallest absolute Gasteiger partial charge is 0.165 e. The third kappa shape index (κ3) is 2.12. The first kappa shape index (κ1) is 12.0. The van der Waals surface area contributed by atoms with E-state index in [1.54, 1.807) is 6.07 Å². The van der Waals surface area contributed by atoms with E-state index in [9.17, 15) is 9.50 Å². The molecule has 0 amide bonds. The zero-order chi connectivity index (χ0) is 11.6. The van der Waals surface area contributed by atoms with Gasteiger partial charge < -0.3 is 9.84 Å². The van der Waals surface area contributed by atoms with Crippen LogP contribution in [-0.4, -0.2) is 18.8 Å². The molecule has 1 aromatic carbocycles. The number of hydrogen-bond acceptors (Lipinski definition) is 2. The fourth-order valence-electron chi connectivity index (χ4n) is 1.78. The molecule has 0 saturated carbocycles. The van der Waals surface area contributed by atoms with E-state index in [1.807, 2.05) is 20.8 Å². The summed E-state index contributed by atoms with van der Waals surface area (Å²) < 4.78 is 18.5. The molecule has 2 nitrogen and oxygen atoms in total. The number of rotatable bonds is 3. The molecule has 1 aromatic rings. The van der Waals surface area contributed by atoms with Crippen LogP contribution in [0.15, 0.2) is 12.1 Å². The Bertz CT molecular complexity index is 359. The number of methoxy groups -OCH3 is 1. The number of aliphatic hydroxyl groups is 1. The van der Waals surface area contributed by atoms with Gasteiger partial charge in [0.1, 0.15) is 0 Å². The Morgan fingerprint density at radius 3 is 2.47 bits per heavy atom. The summed E-state index contributed by atoms with van der Waals surface area (Å²) in [7, 11) is 1.44. The van der Waals surface area contributed by atoms with Crippen LogP contribution in [0.4, 0.5) is 4.39 Å². The van der Waals surface area contributed by atoms with Gasteiger partial charge in [-0.25, -0.2) is 4.39 Å². The molecule has 0 aliphatic carbocycles. The minimum absolute atomic E-state index is 0.0480. The van der Waals surface area contributed by atoms with Crippen LogP contribution in [0.3, 0.4) is 0 Å². The van der Waals surface area contributed by atoms with Gasteiger partial charge in [-0.15, -0.1) is 0 Å². The van der Waals surface area contributed by atoms with Gasteiger partial charge in [0.25, 0.3) is 0 Å². The largest absolute Gasteiger partial charge is 0.493 e. The molecule has 1 rings (SSSR count). The summed E-state index contributed by atoms with van der Waals surface area (Å²) in [4.78, 5) is 0. The molecule has 0 saturated heterocycles. The molecule has 0 fully saturated rings. The van der Waals surface area contributed by atoms with E-state index in [0.29, 0.717) is 0 Å². The quantitative estimate of drug-likeness (QED) is 0.833. The molecule has 3 heteroatoms. The van der Waals surface area contributed by atoms with E-state index >= 15 is 0 Å². The lowest BCUT2D eigenvalue weighted by Crippen LogP contribution is -2.24. The van der Waals surface area contributed by atoms with E-state index in [1.165, 1.54) is 13.2 Å². The first-order valence-corrected chi connectivity index (χ1v) is 4.88. The maximum atomic E-state index is 13.5. The molecule has 0 radical (unpaired) electrons. The molecule has 0 heterocycles. The Hall–Kier alpha value is -1.09. The minimum Gasteiger partial charge on any atom is -0.493 e. The van der Waals surface area contributed by atoms with Crippen LogP contribution in [0.25, 0.3) is 0 Å². The van der Waals surface area contributed by atoms with Gasteiger partial charge in [-0.2, -0.15) is 0 Å². The van der Waals surface area contributed by atoms with Crippen molar-refractivity contribution < 1.29 is 14.2 Å². The van der Waals surface area contributed by atoms with Crippen LogP contribution >= 0.6 is 0 Å². The molecule has 0 spiro atoms. The zero-order valence-electron chi connectivity index (χ0n) is 9.60. The number of benzene rings is 1. The maximum absolute atomic E-state index is 13.5. The Balaban J connectivity index is 3.44. The lowest BCUT2D eigenvalue weighted by Gasteiger charge is -2.26. The molecule has 0 aliphatic rings. The van der Waals surface area contributed by atoms with Crippen LogP contribution in [-0.2, 0) is 5.41 Å². The Labute approximate surface area is 89.7 Å². The van der Waals surface area contributed by atoms with Crippen molar-refractivity contribution in [2.45, 2.75) is 26.2 Å². The summed E-state index contributed by atoms with van der Waals surface area (Å²) in [5.41, 5.74) is 1.15. The Kier molecular flexibility index (Phi) is 3.35. The Morgan fingerprint density at radius 2 is 2.00 bits per heavy atom. The molecule has 0 aromatic heterocycles. The molecule has 84 valence electrons. The lowest BCUT2D eigenvalue weighted by atomic mass is 9.82. The first-order chi connectivity index (χ1) is 6.94. The molecule has 1 N–H and O–H groups in total. The molecule has 0 unspecified atom stereocenters. The van der Waals surface area contributed by atoms with E-state index in [0.717, 1.165) is 11.1 Å². The minimum atomic E-state index is -0.502. The molecule has 0 bridgehead atoms. The highest BCUT2D eigenvalue weighted by Crippen LogP contribution is 2.35. The standard InChI is InChI=1S/C12H17FO2/c1-8-5-6-9(13)11(15-4)10(8)12(2,3)7-14/h5-6,14H,7H2,1-4H3. The van der Waals surface area contributed by atoms with Crippen molar-refractivity contribution in [2.24, 2.45) is 0 Å². The van der Waals surface area contributed by atoms with Gasteiger partial charge in [0, 0.05) is 11.0 Å². The van der Waals surface area contributed by atoms with Gasteiger partial charge >= 0.3 is 0 Å². The highest BCUT2D eigenvalue weighted by atomic mass is 19.1. The highest BCUT2D eigenvalue weighted by Gasteiger charge is 2.27. The van der Waals surface area contributed by atoms with E-state index in [2.05, 4.69) is 0 Å². The molecule has 0 atom stereocenters. The summed E-state index contributed by atoms with van der Waals surface area (Å²) in [5, 5.41) is 9.30. The number of aryl methyl sites for hydroxylation is 1. The van der Waals surface area contributed by atoms with Crippen molar-refractivity contribution >= 4 is 0 Å². The summed E-state index contributed by atoms with van der Waals surface area (Å²) in [5.74, 6) is -0.159. The fraction of sp³-hybridized carbons (Fsp3) is 0.500. The number of halogens is 1. The number of hydrogen-bond donors (Lipinski definition) is 1.